The first-order valence-corrected chi connectivity index (χ1v) is 5.13. The molecule has 6 heteroatoms. The van der Waals surface area contributed by atoms with Gasteiger partial charge < -0.3 is 16.0 Å². The van der Waals surface area contributed by atoms with E-state index >= 15 is 0 Å². The van der Waals surface area contributed by atoms with E-state index in [0.29, 0.717) is 11.4 Å². The number of halogens is 1. The van der Waals surface area contributed by atoms with Crippen molar-refractivity contribution in [2.45, 2.75) is 0 Å². The SMILES string of the molecule is CNC(=O)Nc1cccc(NC(=O)CCl)c1. The van der Waals surface area contributed by atoms with Gasteiger partial charge in [0.25, 0.3) is 0 Å². The Balaban J connectivity index is 2.71. The monoisotopic (exact) mass is 241 g/mol. The van der Waals surface area contributed by atoms with Crippen molar-refractivity contribution in [2.24, 2.45) is 0 Å². The number of hydrogen-bond acceptors (Lipinski definition) is 2. The third kappa shape index (κ3) is 3.78. The minimum absolute atomic E-state index is 0.104. The van der Waals surface area contributed by atoms with E-state index in [0.717, 1.165) is 0 Å². The van der Waals surface area contributed by atoms with E-state index in [1.165, 1.54) is 7.05 Å². The molecule has 0 heterocycles. The molecule has 0 aliphatic heterocycles. The predicted molar refractivity (Wildman–Crippen MR) is 63.9 cm³/mol. The fourth-order valence-electron chi connectivity index (χ4n) is 1.06. The highest BCUT2D eigenvalue weighted by Gasteiger charge is 2.02. The van der Waals surface area contributed by atoms with Gasteiger partial charge in [0.1, 0.15) is 5.88 Å². The average Bonchev–Trinajstić information content (AvgIpc) is 2.29. The Labute approximate surface area is 98.2 Å². The third-order valence-electron chi connectivity index (χ3n) is 1.75. The number of amides is 3. The molecule has 3 amide bonds. The van der Waals surface area contributed by atoms with Gasteiger partial charge in [0, 0.05) is 18.4 Å². The number of carbonyl (C=O) groups excluding carboxylic acids is 2. The second-order valence-corrected chi connectivity index (χ2v) is 3.23. The first kappa shape index (κ1) is 12.3. The third-order valence-corrected chi connectivity index (χ3v) is 2.00. The van der Waals surface area contributed by atoms with Gasteiger partial charge in [-0.3, -0.25) is 4.79 Å². The molecule has 16 heavy (non-hydrogen) atoms. The van der Waals surface area contributed by atoms with E-state index in [4.69, 9.17) is 11.6 Å². The fourth-order valence-corrected chi connectivity index (χ4v) is 1.13. The average molecular weight is 242 g/mol. The maximum atomic E-state index is 11.0. The van der Waals surface area contributed by atoms with Gasteiger partial charge in [0.05, 0.1) is 0 Å². The van der Waals surface area contributed by atoms with E-state index in [-0.39, 0.29) is 17.8 Å². The summed E-state index contributed by atoms with van der Waals surface area (Å²) in [4.78, 5) is 22.1. The second kappa shape index (κ2) is 5.97. The van der Waals surface area contributed by atoms with Gasteiger partial charge in [0.15, 0.2) is 0 Å². The van der Waals surface area contributed by atoms with Gasteiger partial charge in [0.2, 0.25) is 5.91 Å². The zero-order chi connectivity index (χ0) is 12.0. The number of rotatable bonds is 3. The van der Waals surface area contributed by atoms with E-state index in [1.807, 2.05) is 0 Å². The smallest absolute Gasteiger partial charge is 0.318 e. The van der Waals surface area contributed by atoms with Gasteiger partial charge >= 0.3 is 6.03 Å². The lowest BCUT2D eigenvalue weighted by Gasteiger charge is -2.07. The molecule has 0 aromatic heterocycles. The summed E-state index contributed by atoms with van der Waals surface area (Å²) in [5.74, 6) is -0.397. The molecule has 0 saturated carbocycles. The molecule has 1 aromatic rings. The molecule has 1 aromatic carbocycles. The van der Waals surface area contributed by atoms with E-state index in [2.05, 4.69) is 16.0 Å². The molecule has 0 aliphatic carbocycles. The number of benzene rings is 1. The Kier molecular flexibility index (Phi) is 4.60. The number of alkyl halides is 1. The largest absolute Gasteiger partial charge is 0.341 e. The number of urea groups is 1. The van der Waals surface area contributed by atoms with Gasteiger partial charge in [-0.2, -0.15) is 0 Å². The molecule has 3 N–H and O–H groups in total. The van der Waals surface area contributed by atoms with Crippen molar-refractivity contribution < 1.29 is 9.59 Å². The summed E-state index contributed by atoms with van der Waals surface area (Å²) >= 11 is 5.36. The first-order chi connectivity index (χ1) is 7.65. The summed E-state index contributed by atoms with van der Waals surface area (Å²) in [6.07, 6.45) is 0. The zero-order valence-corrected chi connectivity index (χ0v) is 9.47. The fraction of sp³-hybridized carbons (Fsp3) is 0.200. The maximum Gasteiger partial charge on any atom is 0.318 e. The topological polar surface area (TPSA) is 70.2 Å². The minimum atomic E-state index is -0.319. The van der Waals surface area contributed by atoms with Crippen LogP contribution in [0.2, 0.25) is 0 Å². The molecule has 0 spiro atoms. The number of anilines is 2. The van der Waals surface area contributed by atoms with Crippen LogP contribution in [0.5, 0.6) is 0 Å². The Bertz CT molecular complexity index is 362. The highest BCUT2D eigenvalue weighted by Crippen LogP contribution is 2.14. The second-order valence-electron chi connectivity index (χ2n) is 2.97. The first-order valence-electron chi connectivity index (χ1n) is 4.60. The van der Waals surface area contributed by atoms with Crippen LogP contribution in [-0.2, 0) is 4.79 Å². The highest BCUT2D eigenvalue weighted by atomic mass is 35.5. The lowest BCUT2D eigenvalue weighted by molar-refractivity contribution is -0.113. The molecule has 0 aliphatic rings. The van der Waals surface area contributed by atoms with Crippen LogP contribution in [0.3, 0.4) is 0 Å². The normalized spacial score (nSPS) is 9.38. The minimum Gasteiger partial charge on any atom is -0.341 e. The molecule has 0 saturated heterocycles. The van der Waals surface area contributed by atoms with Crippen molar-refractivity contribution in [3.63, 3.8) is 0 Å². The molecule has 0 bridgehead atoms. The molecule has 86 valence electrons. The van der Waals surface area contributed by atoms with Crippen LogP contribution in [-0.4, -0.2) is 24.9 Å². The molecule has 0 radical (unpaired) electrons. The summed E-state index contributed by atoms with van der Waals surface area (Å²) in [5.41, 5.74) is 1.17. The summed E-state index contributed by atoms with van der Waals surface area (Å²) in [7, 11) is 1.52. The molecule has 1 rings (SSSR count). The summed E-state index contributed by atoms with van der Waals surface area (Å²) in [6.45, 7) is 0. The van der Waals surface area contributed by atoms with Gasteiger partial charge in [-0.15, -0.1) is 11.6 Å². The van der Waals surface area contributed by atoms with Crippen LogP contribution in [0.4, 0.5) is 16.2 Å². The Morgan fingerprint density at radius 3 is 2.44 bits per heavy atom. The predicted octanol–water partition coefficient (Wildman–Crippen LogP) is 1.62. The summed E-state index contributed by atoms with van der Waals surface area (Å²) in [5, 5.41) is 7.60. The van der Waals surface area contributed by atoms with Crippen molar-refractivity contribution >= 4 is 34.9 Å². The highest BCUT2D eigenvalue weighted by molar-refractivity contribution is 6.29. The Morgan fingerprint density at radius 2 is 1.88 bits per heavy atom. The van der Waals surface area contributed by atoms with Crippen LogP contribution in [0.15, 0.2) is 24.3 Å². The Morgan fingerprint density at radius 1 is 1.25 bits per heavy atom. The van der Waals surface area contributed by atoms with Gasteiger partial charge in [-0.25, -0.2) is 4.79 Å². The van der Waals surface area contributed by atoms with Crippen molar-refractivity contribution in [1.29, 1.82) is 0 Å². The lowest BCUT2D eigenvalue weighted by atomic mass is 10.3. The lowest BCUT2D eigenvalue weighted by Crippen LogP contribution is -2.24. The van der Waals surface area contributed by atoms with Crippen LogP contribution in [0, 0.1) is 0 Å². The molecule has 0 atom stereocenters. The quantitative estimate of drug-likeness (QED) is 0.704. The van der Waals surface area contributed by atoms with Crippen molar-refractivity contribution in [3.05, 3.63) is 24.3 Å². The molecular weight excluding hydrogens is 230 g/mol. The van der Waals surface area contributed by atoms with E-state index in [9.17, 15) is 9.59 Å². The van der Waals surface area contributed by atoms with Crippen LogP contribution < -0.4 is 16.0 Å². The van der Waals surface area contributed by atoms with Crippen molar-refractivity contribution in [3.8, 4) is 0 Å². The van der Waals surface area contributed by atoms with E-state index in [1.54, 1.807) is 24.3 Å². The van der Waals surface area contributed by atoms with Crippen LogP contribution in [0.25, 0.3) is 0 Å². The Hall–Kier alpha value is -1.75. The zero-order valence-electron chi connectivity index (χ0n) is 8.71. The summed E-state index contributed by atoms with van der Waals surface area (Å²) in [6, 6.07) is 6.46. The van der Waals surface area contributed by atoms with Crippen LogP contribution in [0.1, 0.15) is 0 Å². The molecule has 0 fully saturated rings. The van der Waals surface area contributed by atoms with Crippen molar-refractivity contribution in [1.82, 2.24) is 5.32 Å². The number of hydrogen-bond donors (Lipinski definition) is 3. The standard InChI is InChI=1S/C10H12ClN3O2/c1-12-10(16)14-8-4-2-3-7(5-8)13-9(15)6-11/h2-5H,6H2,1H3,(H,13,15)(H2,12,14,16). The molecule has 0 unspecified atom stereocenters. The summed E-state index contributed by atoms with van der Waals surface area (Å²) < 4.78 is 0. The van der Waals surface area contributed by atoms with Gasteiger partial charge in [-0.1, -0.05) is 6.07 Å². The van der Waals surface area contributed by atoms with Crippen LogP contribution >= 0.6 is 11.6 Å². The van der Waals surface area contributed by atoms with E-state index < -0.39 is 0 Å². The molecule has 5 nitrogen and oxygen atoms in total. The van der Waals surface area contributed by atoms with Gasteiger partial charge in [-0.05, 0) is 18.2 Å². The number of nitrogens with one attached hydrogen (secondary N) is 3. The van der Waals surface area contributed by atoms with Crippen molar-refractivity contribution in [2.75, 3.05) is 23.6 Å². The number of carbonyl (C=O) groups is 2. The maximum absolute atomic E-state index is 11.0. The molecular formula is C10H12ClN3O2.